The van der Waals surface area contributed by atoms with Crippen molar-refractivity contribution in [1.29, 1.82) is 0 Å². The van der Waals surface area contributed by atoms with E-state index in [1.807, 2.05) is 36.4 Å². The summed E-state index contributed by atoms with van der Waals surface area (Å²) in [6.45, 7) is 0. The SMILES string of the molecule is COc1ccccc1[As](c1ccccc1OC)c1ccccc1OC. The first-order valence-corrected chi connectivity index (χ1v) is 10.8. The fraction of sp³-hybridized carbons (Fsp3) is 0.143. The number of rotatable bonds is 6. The summed E-state index contributed by atoms with van der Waals surface area (Å²) in [5, 5.41) is 0. The van der Waals surface area contributed by atoms with Gasteiger partial charge in [-0.1, -0.05) is 0 Å². The first-order chi connectivity index (χ1) is 12.3. The summed E-state index contributed by atoms with van der Waals surface area (Å²) in [5.74, 6) is 2.71. The third-order valence-electron chi connectivity index (χ3n) is 3.98. The molecule has 3 rings (SSSR count). The van der Waals surface area contributed by atoms with Crippen LogP contribution < -0.4 is 27.3 Å². The molecule has 0 aliphatic rings. The van der Waals surface area contributed by atoms with Crippen molar-refractivity contribution in [1.82, 2.24) is 0 Å². The van der Waals surface area contributed by atoms with E-state index in [0.717, 1.165) is 17.2 Å². The van der Waals surface area contributed by atoms with E-state index < -0.39 is 14.7 Å². The Morgan fingerprint density at radius 2 is 0.760 bits per heavy atom. The van der Waals surface area contributed by atoms with E-state index in [1.54, 1.807) is 21.3 Å². The van der Waals surface area contributed by atoms with Gasteiger partial charge in [-0.05, 0) is 0 Å². The average molecular weight is 396 g/mol. The second-order valence-corrected chi connectivity index (χ2v) is 9.79. The van der Waals surface area contributed by atoms with Gasteiger partial charge in [0.15, 0.2) is 0 Å². The van der Waals surface area contributed by atoms with E-state index in [4.69, 9.17) is 14.2 Å². The molecule has 3 aromatic rings. The summed E-state index contributed by atoms with van der Waals surface area (Å²) in [7, 11) is 5.15. The predicted octanol–water partition coefficient (Wildman–Crippen LogP) is 2.23. The van der Waals surface area contributed by atoms with Crippen LogP contribution in [0.1, 0.15) is 0 Å². The Balaban J connectivity index is 2.29. The van der Waals surface area contributed by atoms with Crippen LogP contribution in [-0.2, 0) is 0 Å². The molecule has 0 fully saturated rings. The van der Waals surface area contributed by atoms with Crippen molar-refractivity contribution in [2.24, 2.45) is 0 Å². The van der Waals surface area contributed by atoms with E-state index in [9.17, 15) is 0 Å². The van der Waals surface area contributed by atoms with E-state index in [-0.39, 0.29) is 0 Å². The van der Waals surface area contributed by atoms with Gasteiger partial charge in [-0.25, -0.2) is 0 Å². The van der Waals surface area contributed by atoms with Crippen LogP contribution in [0.15, 0.2) is 72.8 Å². The van der Waals surface area contributed by atoms with Crippen LogP contribution in [0.4, 0.5) is 0 Å². The molecule has 0 atom stereocenters. The molecule has 4 heteroatoms. The molecule has 0 unspecified atom stereocenters. The number of benzene rings is 3. The number of methoxy groups -OCH3 is 3. The Labute approximate surface area is 153 Å². The van der Waals surface area contributed by atoms with Crippen LogP contribution in [0.5, 0.6) is 17.2 Å². The van der Waals surface area contributed by atoms with Crippen LogP contribution in [0.2, 0.25) is 0 Å². The summed E-state index contributed by atoms with van der Waals surface area (Å²) in [6, 6.07) is 24.7. The molecule has 3 nitrogen and oxygen atoms in total. The molecule has 25 heavy (non-hydrogen) atoms. The summed E-state index contributed by atoms with van der Waals surface area (Å²) in [5.41, 5.74) is 0. The molecule has 0 saturated heterocycles. The molecular weight excluding hydrogens is 375 g/mol. The van der Waals surface area contributed by atoms with Gasteiger partial charge in [-0.2, -0.15) is 0 Å². The molecule has 0 aliphatic carbocycles. The number of para-hydroxylation sites is 3. The molecular formula is C21H21AsO3. The zero-order valence-electron chi connectivity index (χ0n) is 14.6. The van der Waals surface area contributed by atoms with Crippen LogP contribution in [0, 0.1) is 0 Å². The van der Waals surface area contributed by atoms with Gasteiger partial charge >= 0.3 is 153 Å². The Kier molecular flexibility index (Phi) is 5.67. The minimum absolute atomic E-state index is 0.902. The van der Waals surface area contributed by atoms with Gasteiger partial charge in [0.05, 0.1) is 0 Å². The van der Waals surface area contributed by atoms with Gasteiger partial charge < -0.3 is 0 Å². The monoisotopic (exact) mass is 396 g/mol. The van der Waals surface area contributed by atoms with E-state index in [2.05, 4.69) is 36.4 Å². The second-order valence-electron chi connectivity index (χ2n) is 5.35. The van der Waals surface area contributed by atoms with Crippen molar-refractivity contribution in [2.75, 3.05) is 21.3 Å². The molecule has 0 heterocycles. The topological polar surface area (TPSA) is 27.7 Å². The van der Waals surface area contributed by atoms with Crippen molar-refractivity contribution in [3.05, 3.63) is 72.8 Å². The Hall–Kier alpha value is -2.38. The van der Waals surface area contributed by atoms with Crippen LogP contribution >= 0.6 is 0 Å². The standard InChI is InChI=1S/C21H21AsO3/c1-23-19-13-7-4-10-16(19)22(17-11-5-8-14-20(17)24-2)18-12-6-9-15-21(18)25-3/h4-15H,1-3H3. The van der Waals surface area contributed by atoms with Crippen molar-refractivity contribution in [2.45, 2.75) is 0 Å². The molecule has 0 amide bonds. The number of ether oxygens (including phenoxy) is 3. The molecule has 128 valence electrons. The summed E-state index contributed by atoms with van der Waals surface area (Å²) >= 11 is -1.94. The average Bonchev–Trinajstić information content (AvgIpc) is 2.69. The van der Waals surface area contributed by atoms with Crippen molar-refractivity contribution in [3.63, 3.8) is 0 Å². The quantitative estimate of drug-likeness (QED) is 0.599. The minimum atomic E-state index is -1.94. The fourth-order valence-electron chi connectivity index (χ4n) is 2.83. The van der Waals surface area contributed by atoms with Gasteiger partial charge in [0.2, 0.25) is 0 Å². The van der Waals surface area contributed by atoms with E-state index >= 15 is 0 Å². The van der Waals surface area contributed by atoms with Gasteiger partial charge in [0, 0.05) is 0 Å². The predicted molar refractivity (Wildman–Crippen MR) is 104 cm³/mol. The molecule has 0 aromatic heterocycles. The maximum atomic E-state index is 5.67. The first-order valence-electron chi connectivity index (χ1n) is 7.99. The van der Waals surface area contributed by atoms with E-state index in [1.165, 1.54) is 13.1 Å². The second kappa shape index (κ2) is 8.13. The van der Waals surface area contributed by atoms with Crippen LogP contribution in [-0.4, -0.2) is 36.0 Å². The van der Waals surface area contributed by atoms with Crippen LogP contribution in [0.25, 0.3) is 0 Å². The van der Waals surface area contributed by atoms with Crippen molar-refractivity contribution >= 4 is 27.7 Å². The van der Waals surface area contributed by atoms with E-state index in [0.29, 0.717) is 0 Å². The molecule has 0 saturated carbocycles. The summed E-state index contributed by atoms with van der Waals surface area (Å²) in [4.78, 5) is 0. The van der Waals surface area contributed by atoms with Gasteiger partial charge in [0.25, 0.3) is 0 Å². The van der Waals surface area contributed by atoms with Crippen LogP contribution in [0.3, 0.4) is 0 Å². The fourth-order valence-corrected chi connectivity index (χ4v) is 8.38. The first kappa shape index (κ1) is 17.4. The number of hydrogen-bond donors (Lipinski definition) is 0. The van der Waals surface area contributed by atoms with Gasteiger partial charge in [-0.3, -0.25) is 0 Å². The van der Waals surface area contributed by atoms with Crippen molar-refractivity contribution in [3.8, 4) is 17.2 Å². The summed E-state index contributed by atoms with van der Waals surface area (Å²) in [6.07, 6.45) is 0. The maximum absolute atomic E-state index is 5.67. The summed E-state index contributed by atoms with van der Waals surface area (Å²) < 4.78 is 20.7. The van der Waals surface area contributed by atoms with Gasteiger partial charge in [0.1, 0.15) is 0 Å². The molecule has 0 bridgehead atoms. The zero-order valence-corrected chi connectivity index (χ0v) is 16.5. The Morgan fingerprint density at radius 1 is 0.480 bits per heavy atom. The number of hydrogen-bond acceptors (Lipinski definition) is 3. The molecule has 0 aliphatic heterocycles. The van der Waals surface area contributed by atoms with Gasteiger partial charge in [-0.15, -0.1) is 0 Å². The molecule has 0 radical (unpaired) electrons. The molecule has 3 aromatic carbocycles. The zero-order chi connectivity index (χ0) is 17.6. The molecule has 0 spiro atoms. The Bertz CT molecular complexity index is 735. The third kappa shape index (κ3) is 3.52. The van der Waals surface area contributed by atoms with Crippen molar-refractivity contribution < 1.29 is 14.2 Å². The Morgan fingerprint density at radius 3 is 1.04 bits per heavy atom. The third-order valence-corrected chi connectivity index (χ3v) is 9.34. The molecule has 0 N–H and O–H groups in total. The normalized spacial score (nSPS) is 10.6.